The van der Waals surface area contributed by atoms with Gasteiger partial charge in [0.05, 0.1) is 5.56 Å². The summed E-state index contributed by atoms with van der Waals surface area (Å²) in [6.07, 6.45) is 5.00. The summed E-state index contributed by atoms with van der Waals surface area (Å²) in [6.45, 7) is 2.25. The highest BCUT2D eigenvalue weighted by molar-refractivity contribution is 5.93. The van der Waals surface area contributed by atoms with Crippen molar-refractivity contribution in [1.29, 1.82) is 5.26 Å². The van der Waals surface area contributed by atoms with Crippen molar-refractivity contribution in [3.05, 3.63) is 60.2 Å². The highest BCUT2D eigenvalue weighted by Gasteiger charge is 2.26. The van der Waals surface area contributed by atoms with Gasteiger partial charge in [0.15, 0.2) is 11.5 Å². The van der Waals surface area contributed by atoms with Gasteiger partial charge < -0.3 is 14.3 Å². The minimum Gasteiger partial charge on any atom is -0.355 e. The summed E-state index contributed by atoms with van der Waals surface area (Å²) < 4.78 is 5.29. The topological polar surface area (TPSA) is 99.2 Å². The van der Waals surface area contributed by atoms with E-state index in [1.807, 2.05) is 11.0 Å². The molecule has 0 atom stereocenters. The van der Waals surface area contributed by atoms with E-state index in [9.17, 15) is 10.1 Å². The number of hydrogen-bond acceptors (Lipinski definition) is 7. The van der Waals surface area contributed by atoms with Gasteiger partial charge in [0.1, 0.15) is 11.9 Å². The van der Waals surface area contributed by atoms with Crippen molar-refractivity contribution < 1.29 is 9.32 Å². The van der Waals surface area contributed by atoms with Crippen molar-refractivity contribution in [2.45, 2.75) is 0 Å². The molecule has 0 N–H and O–H groups in total. The quantitative estimate of drug-likeness (QED) is 0.704. The molecule has 0 spiro atoms. The van der Waals surface area contributed by atoms with E-state index in [-0.39, 0.29) is 11.6 Å². The molecular weight excluding hydrogens is 344 g/mol. The van der Waals surface area contributed by atoms with Crippen molar-refractivity contribution >= 4 is 11.7 Å². The van der Waals surface area contributed by atoms with E-state index in [4.69, 9.17) is 4.52 Å². The minimum absolute atomic E-state index is 0.171. The molecule has 134 valence electrons. The summed E-state index contributed by atoms with van der Waals surface area (Å²) in [6, 6.07) is 10.9. The average Bonchev–Trinajstić information content (AvgIpc) is 3.24. The Morgan fingerprint density at radius 3 is 2.70 bits per heavy atom. The van der Waals surface area contributed by atoms with Gasteiger partial charge in [-0.05, 0) is 24.3 Å². The number of nitrogens with zero attached hydrogens (tertiary/aromatic N) is 6. The van der Waals surface area contributed by atoms with E-state index in [0.717, 1.165) is 5.56 Å². The predicted molar refractivity (Wildman–Crippen MR) is 96.8 cm³/mol. The molecule has 3 aromatic rings. The Kier molecular flexibility index (Phi) is 4.49. The zero-order valence-electron chi connectivity index (χ0n) is 14.4. The third kappa shape index (κ3) is 3.35. The van der Waals surface area contributed by atoms with Gasteiger partial charge in [0.25, 0.3) is 5.91 Å². The zero-order valence-corrected chi connectivity index (χ0v) is 14.4. The second kappa shape index (κ2) is 7.25. The molecular formula is C19H16N6O2. The van der Waals surface area contributed by atoms with E-state index in [2.05, 4.69) is 21.2 Å². The van der Waals surface area contributed by atoms with Crippen LogP contribution in [0.3, 0.4) is 0 Å². The van der Waals surface area contributed by atoms with Gasteiger partial charge in [0.2, 0.25) is 0 Å². The Labute approximate surface area is 155 Å². The van der Waals surface area contributed by atoms with Crippen LogP contribution in [0.2, 0.25) is 0 Å². The summed E-state index contributed by atoms with van der Waals surface area (Å²) in [5, 5.41) is 13.1. The van der Waals surface area contributed by atoms with Crippen LogP contribution in [0.5, 0.6) is 0 Å². The van der Waals surface area contributed by atoms with Crippen LogP contribution in [0.4, 0.5) is 5.82 Å². The van der Waals surface area contributed by atoms with Gasteiger partial charge in [-0.25, -0.2) is 4.98 Å². The molecule has 0 unspecified atom stereocenters. The molecule has 1 saturated heterocycles. The summed E-state index contributed by atoms with van der Waals surface area (Å²) in [5.74, 6) is 1.000. The van der Waals surface area contributed by atoms with Crippen molar-refractivity contribution in [3.63, 3.8) is 0 Å². The average molecular weight is 360 g/mol. The van der Waals surface area contributed by atoms with Gasteiger partial charge in [-0.2, -0.15) is 5.26 Å². The Morgan fingerprint density at radius 1 is 1.15 bits per heavy atom. The molecule has 0 bridgehead atoms. The highest BCUT2D eigenvalue weighted by Crippen LogP contribution is 2.21. The lowest BCUT2D eigenvalue weighted by Gasteiger charge is -2.35. The first-order chi connectivity index (χ1) is 13.3. The lowest BCUT2D eigenvalue weighted by Crippen LogP contribution is -2.49. The standard InChI is InChI=1S/C19H16N6O2/c20-12-14-3-2-6-22-18(14)24-7-9-25(10-8-24)19(26)16-11-17(27-23-16)15-4-1-5-21-13-15/h1-6,11,13H,7-10H2. The van der Waals surface area contributed by atoms with Crippen LogP contribution >= 0.6 is 0 Å². The largest absolute Gasteiger partial charge is 0.355 e. The first kappa shape index (κ1) is 16.7. The van der Waals surface area contributed by atoms with E-state index in [1.54, 1.807) is 47.8 Å². The Bertz CT molecular complexity index is 987. The van der Waals surface area contributed by atoms with Gasteiger partial charge >= 0.3 is 0 Å². The van der Waals surface area contributed by atoms with Gasteiger partial charge in [-0.1, -0.05) is 5.16 Å². The number of amides is 1. The zero-order chi connectivity index (χ0) is 18.6. The molecule has 8 heteroatoms. The fourth-order valence-electron chi connectivity index (χ4n) is 3.04. The second-order valence-electron chi connectivity index (χ2n) is 6.08. The first-order valence-corrected chi connectivity index (χ1v) is 8.53. The number of carbonyl (C=O) groups excluding carboxylic acids is 1. The van der Waals surface area contributed by atoms with Crippen LogP contribution in [0, 0.1) is 11.3 Å². The van der Waals surface area contributed by atoms with Crippen LogP contribution in [0.25, 0.3) is 11.3 Å². The number of hydrogen-bond donors (Lipinski definition) is 0. The molecule has 1 aliphatic rings. The smallest absolute Gasteiger partial charge is 0.276 e. The number of aromatic nitrogens is 3. The van der Waals surface area contributed by atoms with Crippen LogP contribution in [-0.4, -0.2) is 52.1 Å². The predicted octanol–water partition coefficient (Wildman–Crippen LogP) is 1.97. The van der Waals surface area contributed by atoms with E-state index < -0.39 is 0 Å². The molecule has 3 aromatic heterocycles. The normalized spacial score (nSPS) is 14.0. The maximum atomic E-state index is 12.7. The number of nitriles is 1. The SMILES string of the molecule is N#Cc1cccnc1N1CCN(C(=O)c2cc(-c3cccnc3)on2)CC1. The monoisotopic (exact) mass is 360 g/mol. The molecule has 27 heavy (non-hydrogen) atoms. The molecule has 4 heterocycles. The number of anilines is 1. The van der Waals surface area contributed by atoms with Crippen molar-refractivity contribution in [2.24, 2.45) is 0 Å². The van der Waals surface area contributed by atoms with Gasteiger partial charge in [0, 0.05) is 56.4 Å². The van der Waals surface area contributed by atoms with Gasteiger partial charge in [-0.3, -0.25) is 9.78 Å². The van der Waals surface area contributed by atoms with Crippen LogP contribution in [0.1, 0.15) is 16.1 Å². The third-order valence-electron chi connectivity index (χ3n) is 4.45. The van der Waals surface area contributed by atoms with Crippen LogP contribution in [0.15, 0.2) is 53.4 Å². The highest BCUT2D eigenvalue weighted by atomic mass is 16.5. The fourth-order valence-corrected chi connectivity index (χ4v) is 3.04. The Balaban J connectivity index is 1.44. The second-order valence-corrected chi connectivity index (χ2v) is 6.08. The van der Waals surface area contributed by atoms with Crippen molar-refractivity contribution in [2.75, 3.05) is 31.1 Å². The number of rotatable bonds is 3. The lowest BCUT2D eigenvalue weighted by atomic mass is 10.2. The number of pyridine rings is 2. The fraction of sp³-hybridized carbons (Fsp3) is 0.211. The molecule has 8 nitrogen and oxygen atoms in total. The van der Waals surface area contributed by atoms with Gasteiger partial charge in [-0.15, -0.1) is 0 Å². The summed E-state index contributed by atoms with van der Waals surface area (Å²) in [4.78, 5) is 24.8. The third-order valence-corrected chi connectivity index (χ3v) is 4.45. The molecule has 0 aromatic carbocycles. The Morgan fingerprint density at radius 2 is 1.96 bits per heavy atom. The minimum atomic E-state index is -0.171. The first-order valence-electron chi connectivity index (χ1n) is 8.53. The summed E-state index contributed by atoms with van der Waals surface area (Å²) in [7, 11) is 0. The molecule has 4 rings (SSSR count). The van der Waals surface area contributed by atoms with Crippen LogP contribution in [-0.2, 0) is 0 Å². The molecule has 1 aliphatic heterocycles. The lowest BCUT2D eigenvalue weighted by molar-refractivity contribution is 0.0736. The number of piperazine rings is 1. The van der Waals surface area contributed by atoms with Crippen LogP contribution < -0.4 is 4.90 Å². The maximum Gasteiger partial charge on any atom is 0.276 e. The summed E-state index contributed by atoms with van der Waals surface area (Å²) in [5.41, 5.74) is 1.58. The molecule has 0 saturated carbocycles. The molecule has 1 fully saturated rings. The summed E-state index contributed by atoms with van der Waals surface area (Å²) >= 11 is 0. The molecule has 0 aliphatic carbocycles. The molecule has 0 radical (unpaired) electrons. The van der Waals surface area contributed by atoms with E-state index in [1.165, 1.54) is 0 Å². The number of carbonyl (C=O) groups is 1. The van der Waals surface area contributed by atoms with E-state index >= 15 is 0 Å². The van der Waals surface area contributed by atoms with E-state index in [0.29, 0.717) is 43.3 Å². The molecule has 1 amide bonds. The maximum absolute atomic E-state index is 12.7. The van der Waals surface area contributed by atoms with Crippen molar-refractivity contribution in [3.8, 4) is 17.4 Å². The Hall–Kier alpha value is -3.73. The van der Waals surface area contributed by atoms with Crippen molar-refractivity contribution in [1.82, 2.24) is 20.0 Å².